The van der Waals surface area contributed by atoms with E-state index in [0.29, 0.717) is 23.0 Å². The van der Waals surface area contributed by atoms with Crippen LogP contribution in [0.1, 0.15) is 12.0 Å². The van der Waals surface area contributed by atoms with Gasteiger partial charge in [0, 0.05) is 10.5 Å². The maximum absolute atomic E-state index is 10.7. The van der Waals surface area contributed by atoms with Crippen LogP contribution in [0, 0.1) is 10.1 Å². The number of nitro groups is 1. The summed E-state index contributed by atoms with van der Waals surface area (Å²) >= 11 is 3.20. The Bertz CT molecular complexity index is 391. The number of hydrogen-bond donors (Lipinski definition) is 1. The fourth-order valence-corrected chi connectivity index (χ4v) is 1.47. The highest BCUT2D eigenvalue weighted by atomic mass is 79.9. The molecule has 0 radical (unpaired) electrons. The third-order valence-electron chi connectivity index (χ3n) is 1.82. The van der Waals surface area contributed by atoms with E-state index in [-0.39, 0.29) is 5.69 Å². The van der Waals surface area contributed by atoms with E-state index in [4.69, 9.17) is 5.73 Å². The summed E-state index contributed by atoms with van der Waals surface area (Å²) in [5.41, 5.74) is 6.01. The fraction of sp³-hybridized carbons (Fsp3) is 0.200. The van der Waals surface area contributed by atoms with E-state index in [1.54, 1.807) is 18.2 Å². The van der Waals surface area contributed by atoms with Crippen LogP contribution in [0.15, 0.2) is 28.7 Å². The first kappa shape index (κ1) is 11.9. The summed E-state index contributed by atoms with van der Waals surface area (Å²) in [5, 5.41) is 10.7. The first-order valence-electron chi connectivity index (χ1n) is 4.45. The second-order valence-corrected chi connectivity index (χ2v) is 3.86. The number of benzene rings is 1. The SMILES string of the molecule is NCCC=Cc1ccc(Br)cc1[N+](=O)[O-]. The summed E-state index contributed by atoms with van der Waals surface area (Å²) in [5.74, 6) is 0. The Labute approximate surface area is 96.1 Å². The molecule has 1 rings (SSSR count). The van der Waals surface area contributed by atoms with E-state index in [1.807, 2.05) is 6.08 Å². The molecule has 1 aromatic rings. The zero-order chi connectivity index (χ0) is 11.3. The molecule has 80 valence electrons. The Morgan fingerprint density at radius 2 is 2.27 bits per heavy atom. The van der Waals surface area contributed by atoms with Crippen LogP contribution in [0.2, 0.25) is 0 Å². The fourth-order valence-electron chi connectivity index (χ4n) is 1.12. The lowest BCUT2D eigenvalue weighted by Crippen LogP contribution is -1.95. The summed E-state index contributed by atoms with van der Waals surface area (Å²) in [7, 11) is 0. The minimum atomic E-state index is -0.396. The Morgan fingerprint density at radius 3 is 2.87 bits per heavy atom. The molecule has 0 fully saturated rings. The van der Waals surface area contributed by atoms with Gasteiger partial charge < -0.3 is 5.73 Å². The highest BCUT2D eigenvalue weighted by Crippen LogP contribution is 2.24. The van der Waals surface area contributed by atoms with Gasteiger partial charge in [-0.25, -0.2) is 0 Å². The van der Waals surface area contributed by atoms with Crippen molar-refractivity contribution >= 4 is 27.7 Å². The van der Waals surface area contributed by atoms with Crippen molar-refractivity contribution in [2.24, 2.45) is 5.73 Å². The topological polar surface area (TPSA) is 69.2 Å². The zero-order valence-electron chi connectivity index (χ0n) is 8.02. The monoisotopic (exact) mass is 270 g/mol. The number of rotatable bonds is 4. The second-order valence-electron chi connectivity index (χ2n) is 2.94. The van der Waals surface area contributed by atoms with Gasteiger partial charge in [-0.2, -0.15) is 0 Å². The van der Waals surface area contributed by atoms with Gasteiger partial charge in [-0.1, -0.05) is 28.1 Å². The molecule has 0 saturated heterocycles. The summed E-state index contributed by atoms with van der Waals surface area (Å²) in [6.45, 7) is 0.542. The maximum Gasteiger partial charge on any atom is 0.277 e. The van der Waals surface area contributed by atoms with Crippen LogP contribution in [0.4, 0.5) is 5.69 Å². The molecule has 0 unspecified atom stereocenters. The van der Waals surface area contributed by atoms with Gasteiger partial charge in [0.2, 0.25) is 0 Å². The van der Waals surface area contributed by atoms with Crippen LogP contribution in [0.5, 0.6) is 0 Å². The largest absolute Gasteiger partial charge is 0.330 e. The van der Waals surface area contributed by atoms with Crippen molar-refractivity contribution < 1.29 is 4.92 Å². The molecule has 0 saturated carbocycles. The molecule has 2 N–H and O–H groups in total. The molecule has 0 aromatic heterocycles. The highest BCUT2D eigenvalue weighted by Gasteiger charge is 2.11. The van der Waals surface area contributed by atoms with Crippen molar-refractivity contribution in [2.75, 3.05) is 6.54 Å². The number of nitrogens with two attached hydrogens (primary N) is 1. The van der Waals surface area contributed by atoms with Crippen LogP contribution < -0.4 is 5.73 Å². The summed E-state index contributed by atoms with van der Waals surface area (Å²) in [4.78, 5) is 10.3. The zero-order valence-corrected chi connectivity index (χ0v) is 9.61. The molecular formula is C10H11BrN2O2. The predicted molar refractivity (Wildman–Crippen MR) is 63.5 cm³/mol. The molecule has 0 spiro atoms. The quantitative estimate of drug-likeness (QED) is 0.676. The van der Waals surface area contributed by atoms with Crippen LogP contribution >= 0.6 is 15.9 Å². The number of halogens is 1. The van der Waals surface area contributed by atoms with Gasteiger partial charge in [-0.15, -0.1) is 0 Å². The molecule has 5 heteroatoms. The minimum absolute atomic E-state index is 0.0950. The summed E-state index contributed by atoms with van der Waals surface area (Å²) < 4.78 is 0.699. The van der Waals surface area contributed by atoms with Gasteiger partial charge in [0.15, 0.2) is 0 Å². The number of hydrogen-bond acceptors (Lipinski definition) is 3. The molecule has 1 aromatic carbocycles. The minimum Gasteiger partial charge on any atom is -0.330 e. The first-order chi connectivity index (χ1) is 7.15. The molecule has 0 amide bonds. The lowest BCUT2D eigenvalue weighted by Gasteiger charge is -1.98. The highest BCUT2D eigenvalue weighted by molar-refractivity contribution is 9.10. The van der Waals surface area contributed by atoms with Gasteiger partial charge in [0.05, 0.1) is 10.5 Å². The van der Waals surface area contributed by atoms with E-state index < -0.39 is 4.92 Å². The van der Waals surface area contributed by atoms with Gasteiger partial charge in [0.1, 0.15) is 0 Å². The third-order valence-corrected chi connectivity index (χ3v) is 2.31. The van der Waals surface area contributed by atoms with Gasteiger partial charge in [-0.3, -0.25) is 10.1 Å². The Kier molecular flexibility index (Phi) is 4.45. The lowest BCUT2D eigenvalue weighted by atomic mass is 10.1. The normalized spacial score (nSPS) is 10.8. The summed E-state index contributed by atoms with van der Waals surface area (Å²) in [6.07, 6.45) is 4.26. The molecule has 4 nitrogen and oxygen atoms in total. The van der Waals surface area contributed by atoms with Gasteiger partial charge in [-0.05, 0) is 25.1 Å². The van der Waals surface area contributed by atoms with Crippen molar-refractivity contribution in [3.05, 3.63) is 44.4 Å². The van der Waals surface area contributed by atoms with E-state index in [0.717, 1.165) is 0 Å². The maximum atomic E-state index is 10.7. The Balaban J connectivity index is 3.01. The van der Waals surface area contributed by atoms with Crippen molar-refractivity contribution in [1.82, 2.24) is 0 Å². The Hall–Kier alpha value is -1.20. The van der Waals surface area contributed by atoms with Crippen LogP contribution in [0.3, 0.4) is 0 Å². The molecule has 0 aliphatic heterocycles. The average Bonchev–Trinajstić information content (AvgIpc) is 2.20. The van der Waals surface area contributed by atoms with E-state index in [9.17, 15) is 10.1 Å². The van der Waals surface area contributed by atoms with Crippen molar-refractivity contribution in [3.8, 4) is 0 Å². The molecule has 0 bridgehead atoms. The van der Waals surface area contributed by atoms with Crippen molar-refractivity contribution in [1.29, 1.82) is 0 Å². The molecule has 0 atom stereocenters. The first-order valence-corrected chi connectivity index (χ1v) is 5.25. The van der Waals surface area contributed by atoms with Gasteiger partial charge >= 0.3 is 0 Å². The predicted octanol–water partition coefficient (Wildman–Crippen LogP) is 2.72. The van der Waals surface area contributed by atoms with Gasteiger partial charge in [0.25, 0.3) is 5.69 Å². The molecule has 0 aliphatic rings. The average molecular weight is 271 g/mol. The van der Waals surface area contributed by atoms with Crippen molar-refractivity contribution in [3.63, 3.8) is 0 Å². The number of nitrogens with zero attached hydrogens (tertiary/aromatic N) is 1. The molecule has 15 heavy (non-hydrogen) atoms. The van der Waals surface area contributed by atoms with E-state index >= 15 is 0 Å². The standard InChI is InChI=1S/C10H11BrN2O2/c11-9-5-4-8(3-1-2-6-12)10(7-9)13(14)15/h1,3-5,7H,2,6,12H2. The molecule has 0 aliphatic carbocycles. The van der Waals surface area contributed by atoms with E-state index in [2.05, 4.69) is 15.9 Å². The van der Waals surface area contributed by atoms with E-state index in [1.165, 1.54) is 6.07 Å². The van der Waals surface area contributed by atoms with Crippen LogP contribution in [-0.2, 0) is 0 Å². The smallest absolute Gasteiger partial charge is 0.277 e. The number of nitro benzene ring substituents is 1. The second kappa shape index (κ2) is 5.63. The third kappa shape index (κ3) is 3.45. The lowest BCUT2D eigenvalue weighted by molar-refractivity contribution is -0.385. The molecular weight excluding hydrogens is 260 g/mol. The molecule has 0 heterocycles. The van der Waals surface area contributed by atoms with Crippen LogP contribution in [0.25, 0.3) is 6.08 Å². The summed E-state index contributed by atoms with van der Waals surface area (Å²) in [6, 6.07) is 4.96. The van der Waals surface area contributed by atoms with Crippen LogP contribution in [-0.4, -0.2) is 11.5 Å². The van der Waals surface area contributed by atoms with Crippen molar-refractivity contribution in [2.45, 2.75) is 6.42 Å². The Morgan fingerprint density at radius 1 is 1.53 bits per heavy atom.